The lowest BCUT2D eigenvalue weighted by Crippen LogP contribution is -2.52. The molecule has 0 saturated heterocycles. The van der Waals surface area contributed by atoms with Gasteiger partial charge >= 0.3 is 18.0 Å². The van der Waals surface area contributed by atoms with Crippen molar-refractivity contribution in [1.29, 1.82) is 0 Å². The van der Waals surface area contributed by atoms with E-state index < -0.39 is 48.0 Å². The van der Waals surface area contributed by atoms with E-state index in [1.165, 1.54) is 6.92 Å². The Morgan fingerprint density at radius 3 is 2.09 bits per heavy atom. The standard InChI is InChI=1S/C13H22N2O7/c1-7(11(19)21-5)14-10(18)8(6-9(16)17)15-12(20)22-13(2,3)4/h7-8H,6H2,1-5H3,(H,14,18)(H,15,20)(H,16,17)/t7-,8?/m0/s1. The van der Waals surface area contributed by atoms with Crippen LogP contribution in [-0.4, -0.2) is 53.8 Å². The van der Waals surface area contributed by atoms with Crippen molar-refractivity contribution >= 4 is 23.9 Å². The van der Waals surface area contributed by atoms with Crippen molar-refractivity contribution in [2.75, 3.05) is 7.11 Å². The summed E-state index contributed by atoms with van der Waals surface area (Å²) in [6.45, 7) is 6.24. The first-order valence-electron chi connectivity index (χ1n) is 6.55. The predicted octanol–water partition coefficient (Wildman–Crippen LogP) is 0.0321. The molecular formula is C13H22N2O7. The zero-order valence-corrected chi connectivity index (χ0v) is 13.3. The molecule has 0 aliphatic rings. The molecule has 22 heavy (non-hydrogen) atoms. The van der Waals surface area contributed by atoms with Gasteiger partial charge in [-0.1, -0.05) is 0 Å². The lowest BCUT2D eigenvalue weighted by atomic mass is 10.1. The number of carbonyl (C=O) groups is 4. The molecule has 0 rings (SSSR count). The van der Waals surface area contributed by atoms with Crippen molar-refractivity contribution < 1.29 is 33.8 Å². The van der Waals surface area contributed by atoms with Crippen molar-refractivity contribution in [2.45, 2.75) is 51.8 Å². The molecule has 0 heterocycles. The molecule has 0 aliphatic carbocycles. The van der Waals surface area contributed by atoms with Gasteiger partial charge in [0.2, 0.25) is 5.91 Å². The Morgan fingerprint density at radius 2 is 1.68 bits per heavy atom. The van der Waals surface area contributed by atoms with E-state index in [9.17, 15) is 19.2 Å². The van der Waals surface area contributed by atoms with E-state index in [0.717, 1.165) is 7.11 Å². The van der Waals surface area contributed by atoms with Gasteiger partial charge in [0, 0.05) is 0 Å². The van der Waals surface area contributed by atoms with Crippen molar-refractivity contribution in [3.05, 3.63) is 0 Å². The number of esters is 1. The van der Waals surface area contributed by atoms with Crippen LogP contribution in [0.4, 0.5) is 4.79 Å². The van der Waals surface area contributed by atoms with E-state index in [2.05, 4.69) is 15.4 Å². The molecule has 9 nitrogen and oxygen atoms in total. The summed E-state index contributed by atoms with van der Waals surface area (Å²) in [7, 11) is 1.15. The van der Waals surface area contributed by atoms with Crippen LogP contribution < -0.4 is 10.6 Å². The highest BCUT2D eigenvalue weighted by Gasteiger charge is 2.28. The number of amides is 2. The third-order valence-corrected chi connectivity index (χ3v) is 2.30. The van der Waals surface area contributed by atoms with Gasteiger partial charge in [-0.15, -0.1) is 0 Å². The van der Waals surface area contributed by atoms with E-state index in [1.54, 1.807) is 20.8 Å². The van der Waals surface area contributed by atoms with Gasteiger partial charge in [-0.25, -0.2) is 9.59 Å². The summed E-state index contributed by atoms with van der Waals surface area (Å²) < 4.78 is 9.40. The first kappa shape index (κ1) is 19.7. The summed E-state index contributed by atoms with van der Waals surface area (Å²) in [5.74, 6) is -2.81. The van der Waals surface area contributed by atoms with E-state index in [-0.39, 0.29) is 0 Å². The van der Waals surface area contributed by atoms with E-state index in [4.69, 9.17) is 9.84 Å². The lowest BCUT2D eigenvalue weighted by Gasteiger charge is -2.23. The van der Waals surface area contributed by atoms with Gasteiger partial charge < -0.3 is 25.2 Å². The lowest BCUT2D eigenvalue weighted by molar-refractivity contribution is -0.145. The van der Waals surface area contributed by atoms with Crippen molar-refractivity contribution in [3.8, 4) is 0 Å². The van der Waals surface area contributed by atoms with E-state index in [1.807, 2.05) is 0 Å². The molecule has 0 radical (unpaired) electrons. The molecule has 0 aromatic carbocycles. The van der Waals surface area contributed by atoms with Gasteiger partial charge in [0.25, 0.3) is 0 Å². The van der Waals surface area contributed by atoms with Gasteiger partial charge in [0.05, 0.1) is 13.5 Å². The van der Waals surface area contributed by atoms with Gasteiger partial charge in [0.1, 0.15) is 17.7 Å². The normalized spacial score (nSPS) is 13.5. The summed E-state index contributed by atoms with van der Waals surface area (Å²) in [4.78, 5) is 45.6. The second-order valence-electron chi connectivity index (χ2n) is 5.55. The second-order valence-corrected chi connectivity index (χ2v) is 5.55. The van der Waals surface area contributed by atoms with Crippen LogP contribution in [0.5, 0.6) is 0 Å². The number of rotatable bonds is 6. The summed E-state index contributed by atoms with van der Waals surface area (Å²) in [6, 6.07) is -2.35. The number of hydrogen-bond donors (Lipinski definition) is 3. The van der Waals surface area contributed by atoms with Gasteiger partial charge in [-0.05, 0) is 27.7 Å². The zero-order valence-electron chi connectivity index (χ0n) is 13.3. The molecule has 0 spiro atoms. The van der Waals surface area contributed by atoms with Gasteiger partial charge in [-0.2, -0.15) is 0 Å². The highest BCUT2D eigenvalue weighted by Crippen LogP contribution is 2.07. The Balaban J connectivity index is 4.82. The Hall–Kier alpha value is -2.32. The number of aliphatic carboxylic acids is 1. The van der Waals surface area contributed by atoms with E-state index >= 15 is 0 Å². The van der Waals surface area contributed by atoms with Crippen LogP contribution in [0.15, 0.2) is 0 Å². The average molecular weight is 318 g/mol. The zero-order chi connectivity index (χ0) is 17.5. The van der Waals surface area contributed by atoms with Crippen molar-refractivity contribution in [3.63, 3.8) is 0 Å². The Labute approximate surface area is 128 Å². The average Bonchev–Trinajstić information content (AvgIpc) is 2.33. The van der Waals surface area contributed by atoms with Crippen LogP contribution in [0.25, 0.3) is 0 Å². The Morgan fingerprint density at radius 1 is 1.14 bits per heavy atom. The fourth-order valence-electron chi connectivity index (χ4n) is 1.38. The Bertz CT molecular complexity index is 442. The molecule has 3 N–H and O–H groups in total. The molecular weight excluding hydrogens is 296 g/mol. The minimum Gasteiger partial charge on any atom is -0.481 e. The largest absolute Gasteiger partial charge is 0.481 e. The second kappa shape index (κ2) is 8.20. The fourth-order valence-corrected chi connectivity index (χ4v) is 1.38. The summed E-state index contributed by atoms with van der Waals surface area (Å²) in [6.07, 6.45) is -1.58. The number of nitrogens with one attached hydrogen (secondary N) is 2. The first-order chi connectivity index (χ1) is 9.96. The molecule has 0 aromatic heterocycles. The molecule has 0 bridgehead atoms. The van der Waals surface area contributed by atoms with Crippen molar-refractivity contribution in [2.24, 2.45) is 0 Å². The molecule has 2 atom stereocenters. The van der Waals surface area contributed by atoms with Crippen LogP contribution in [0.2, 0.25) is 0 Å². The molecule has 1 unspecified atom stereocenters. The van der Waals surface area contributed by atoms with Crippen LogP contribution in [0.3, 0.4) is 0 Å². The summed E-state index contributed by atoms with van der Waals surface area (Å²) >= 11 is 0. The maximum atomic E-state index is 12.0. The monoisotopic (exact) mass is 318 g/mol. The molecule has 0 aromatic rings. The molecule has 0 aliphatic heterocycles. The van der Waals surface area contributed by atoms with Crippen molar-refractivity contribution in [1.82, 2.24) is 10.6 Å². The third kappa shape index (κ3) is 8.08. The summed E-state index contributed by atoms with van der Waals surface area (Å²) in [5, 5.41) is 13.2. The van der Waals surface area contributed by atoms with Crippen LogP contribution in [-0.2, 0) is 23.9 Å². The van der Waals surface area contributed by atoms with Gasteiger partial charge in [0.15, 0.2) is 0 Å². The number of carboxylic acid groups (broad SMARTS) is 1. The minimum absolute atomic E-state index is 0.654. The van der Waals surface area contributed by atoms with Gasteiger partial charge in [-0.3, -0.25) is 9.59 Å². The van der Waals surface area contributed by atoms with Crippen LogP contribution >= 0.6 is 0 Å². The number of carbonyl (C=O) groups excluding carboxylic acids is 3. The maximum Gasteiger partial charge on any atom is 0.408 e. The third-order valence-electron chi connectivity index (χ3n) is 2.30. The van der Waals surface area contributed by atoms with Crippen LogP contribution in [0.1, 0.15) is 34.1 Å². The topological polar surface area (TPSA) is 131 Å². The predicted molar refractivity (Wildman–Crippen MR) is 75.0 cm³/mol. The number of methoxy groups -OCH3 is 1. The number of alkyl carbamates (subject to hydrolysis) is 1. The highest BCUT2D eigenvalue weighted by molar-refractivity contribution is 5.91. The summed E-state index contributed by atoms with van der Waals surface area (Å²) in [5.41, 5.74) is -0.798. The molecule has 9 heteroatoms. The smallest absolute Gasteiger partial charge is 0.408 e. The number of hydrogen-bond acceptors (Lipinski definition) is 6. The minimum atomic E-state index is -1.38. The molecule has 0 saturated carbocycles. The first-order valence-corrected chi connectivity index (χ1v) is 6.55. The molecule has 2 amide bonds. The SMILES string of the molecule is COC(=O)[C@H](C)NC(=O)C(CC(=O)O)NC(=O)OC(C)(C)C. The fraction of sp³-hybridized carbons (Fsp3) is 0.692. The highest BCUT2D eigenvalue weighted by atomic mass is 16.6. The van der Waals surface area contributed by atoms with Crippen LogP contribution in [0, 0.1) is 0 Å². The van der Waals surface area contributed by atoms with E-state index in [0.29, 0.717) is 0 Å². The Kier molecular flexibility index (Phi) is 7.34. The maximum absolute atomic E-state index is 12.0. The number of carboxylic acids is 1. The number of ether oxygens (including phenoxy) is 2. The molecule has 126 valence electrons. The molecule has 0 fully saturated rings. The quantitative estimate of drug-likeness (QED) is 0.589.